The molecule has 0 aliphatic heterocycles. The van der Waals surface area contributed by atoms with E-state index < -0.39 is 0 Å². The summed E-state index contributed by atoms with van der Waals surface area (Å²) in [6, 6.07) is 11.3. The molecule has 0 spiro atoms. The average Bonchev–Trinajstić information content (AvgIpc) is 2.55. The van der Waals surface area contributed by atoms with Crippen molar-refractivity contribution in [2.24, 2.45) is 0 Å². The molecule has 0 unspecified atom stereocenters. The van der Waals surface area contributed by atoms with Crippen molar-refractivity contribution in [2.45, 2.75) is 33.1 Å². The van der Waals surface area contributed by atoms with Crippen molar-refractivity contribution in [1.29, 1.82) is 0 Å². The van der Waals surface area contributed by atoms with Gasteiger partial charge in [-0.2, -0.15) is 0 Å². The number of amides is 1. The number of rotatable bonds is 4. The maximum Gasteiger partial charge on any atom is 0.255 e. The molecule has 0 fully saturated rings. The van der Waals surface area contributed by atoms with Gasteiger partial charge in [0, 0.05) is 17.3 Å². The van der Waals surface area contributed by atoms with Crippen molar-refractivity contribution < 1.29 is 14.3 Å². The second-order valence-corrected chi connectivity index (χ2v) is 6.80. The molecule has 0 aromatic heterocycles. The molecule has 0 atom stereocenters. The van der Waals surface area contributed by atoms with Gasteiger partial charge in [-0.05, 0) is 41.7 Å². The molecule has 1 amide bonds. The van der Waals surface area contributed by atoms with E-state index in [-0.39, 0.29) is 11.3 Å². The highest BCUT2D eigenvalue weighted by Crippen LogP contribution is 2.33. The molecule has 2 aromatic carbocycles. The maximum absolute atomic E-state index is 12.5. The number of hydrogen-bond acceptors (Lipinski definition) is 3. The molecular formula is C20H25NO3. The van der Waals surface area contributed by atoms with Gasteiger partial charge < -0.3 is 14.8 Å². The number of aryl methyl sites for hydroxylation is 1. The van der Waals surface area contributed by atoms with Crippen molar-refractivity contribution in [3.63, 3.8) is 0 Å². The van der Waals surface area contributed by atoms with Gasteiger partial charge in [-0.15, -0.1) is 0 Å². The molecule has 0 saturated heterocycles. The van der Waals surface area contributed by atoms with Crippen LogP contribution >= 0.6 is 0 Å². The van der Waals surface area contributed by atoms with E-state index in [0.29, 0.717) is 22.7 Å². The first kappa shape index (κ1) is 17.9. The Bertz CT molecular complexity index is 728. The van der Waals surface area contributed by atoms with E-state index in [1.165, 1.54) is 5.56 Å². The number of carbonyl (C=O) groups excluding carboxylic acids is 1. The van der Waals surface area contributed by atoms with Crippen LogP contribution in [0, 0.1) is 6.92 Å². The third kappa shape index (κ3) is 3.88. The van der Waals surface area contributed by atoms with E-state index in [1.807, 2.05) is 37.3 Å². The molecule has 2 rings (SSSR count). The van der Waals surface area contributed by atoms with E-state index in [0.717, 1.165) is 5.56 Å². The van der Waals surface area contributed by atoms with Crippen molar-refractivity contribution in [2.75, 3.05) is 19.5 Å². The van der Waals surface area contributed by atoms with Crippen LogP contribution in [-0.2, 0) is 5.41 Å². The minimum atomic E-state index is -0.147. The molecule has 4 nitrogen and oxygen atoms in total. The third-order valence-electron chi connectivity index (χ3n) is 3.99. The predicted molar refractivity (Wildman–Crippen MR) is 97.4 cm³/mol. The van der Waals surface area contributed by atoms with Crippen LogP contribution in [0.3, 0.4) is 0 Å². The summed E-state index contributed by atoms with van der Waals surface area (Å²) in [6.45, 7) is 8.36. The zero-order valence-electron chi connectivity index (χ0n) is 15.2. The molecule has 128 valence electrons. The van der Waals surface area contributed by atoms with Gasteiger partial charge in [0.15, 0.2) is 11.5 Å². The summed E-state index contributed by atoms with van der Waals surface area (Å²) < 4.78 is 10.6. The topological polar surface area (TPSA) is 47.6 Å². The summed E-state index contributed by atoms with van der Waals surface area (Å²) in [5.74, 6) is 1.08. The van der Waals surface area contributed by atoms with Crippen LogP contribution in [0.2, 0.25) is 0 Å². The molecule has 4 heteroatoms. The van der Waals surface area contributed by atoms with Crippen molar-refractivity contribution in [1.82, 2.24) is 0 Å². The molecule has 0 radical (unpaired) electrons. The van der Waals surface area contributed by atoms with Crippen LogP contribution in [0.15, 0.2) is 36.4 Å². The number of ether oxygens (including phenoxy) is 2. The summed E-state index contributed by atoms with van der Waals surface area (Å²) in [5.41, 5.74) is 3.50. The molecule has 0 bridgehead atoms. The third-order valence-corrected chi connectivity index (χ3v) is 3.99. The van der Waals surface area contributed by atoms with Crippen LogP contribution in [0.25, 0.3) is 0 Å². The predicted octanol–water partition coefficient (Wildman–Crippen LogP) is 4.56. The molecular weight excluding hydrogens is 302 g/mol. The fraction of sp³-hybridized carbons (Fsp3) is 0.350. The van der Waals surface area contributed by atoms with Gasteiger partial charge in [-0.25, -0.2) is 0 Å². The Morgan fingerprint density at radius 1 is 0.958 bits per heavy atom. The first-order valence-corrected chi connectivity index (χ1v) is 7.90. The SMILES string of the molecule is COc1cc(C)c(NC(=O)c2ccc(C(C)(C)C)cc2)cc1OC. The summed E-state index contributed by atoms with van der Waals surface area (Å²) in [6.07, 6.45) is 0. The number of methoxy groups -OCH3 is 2. The molecule has 0 saturated carbocycles. The van der Waals surface area contributed by atoms with Gasteiger partial charge in [-0.3, -0.25) is 4.79 Å². The number of nitrogens with one attached hydrogen (secondary N) is 1. The van der Waals surface area contributed by atoms with Gasteiger partial charge in [0.25, 0.3) is 5.91 Å². The summed E-state index contributed by atoms with van der Waals surface area (Å²) in [7, 11) is 3.16. The quantitative estimate of drug-likeness (QED) is 0.895. The zero-order valence-corrected chi connectivity index (χ0v) is 15.2. The molecule has 0 heterocycles. The molecule has 24 heavy (non-hydrogen) atoms. The largest absolute Gasteiger partial charge is 0.493 e. The highest BCUT2D eigenvalue weighted by Gasteiger charge is 2.15. The van der Waals surface area contributed by atoms with E-state index in [2.05, 4.69) is 26.1 Å². The second-order valence-electron chi connectivity index (χ2n) is 6.80. The summed E-state index contributed by atoms with van der Waals surface area (Å²) in [4.78, 5) is 12.5. The fourth-order valence-corrected chi connectivity index (χ4v) is 2.43. The van der Waals surface area contributed by atoms with E-state index in [9.17, 15) is 4.79 Å². The van der Waals surface area contributed by atoms with Crippen LogP contribution in [0.4, 0.5) is 5.69 Å². The summed E-state index contributed by atoms with van der Waals surface area (Å²) >= 11 is 0. The first-order valence-electron chi connectivity index (χ1n) is 7.90. The Labute approximate surface area is 143 Å². The van der Waals surface area contributed by atoms with Crippen molar-refractivity contribution in [3.8, 4) is 11.5 Å². The Morgan fingerprint density at radius 2 is 1.50 bits per heavy atom. The van der Waals surface area contributed by atoms with Gasteiger partial charge in [0.1, 0.15) is 0 Å². The number of hydrogen-bond donors (Lipinski definition) is 1. The monoisotopic (exact) mass is 327 g/mol. The Balaban J connectivity index is 2.23. The minimum Gasteiger partial charge on any atom is -0.493 e. The Morgan fingerprint density at radius 3 is 2.00 bits per heavy atom. The maximum atomic E-state index is 12.5. The second kappa shape index (κ2) is 6.95. The number of anilines is 1. The Kier molecular flexibility index (Phi) is 5.17. The molecule has 0 aliphatic carbocycles. The number of benzene rings is 2. The highest BCUT2D eigenvalue weighted by atomic mass is 16.5. The standard InChI is InChI=1S/C20H25NO3/c1-13-11-17(23-5)18(24-6)12-16(13)21-19(22)14-7-9-15(10-8-14)20(2,3)4/h7-12H,1-6H3,(H,21,22). The first-order chi connectivity index (χ1) is 11.3. The van der Waals surface area contributed by atoms with Gasteiger partial charge in [0.05, 0.1) is 14.2 Å². The van der Waals surface area contributed by atoms with Gasteiger partial charge >= 0.3 is 0 Å². The lowest BCUT2D eigenvalue weighted by Crippen LogP contribution is -2.15. The van der Waals surface area contributed by atoms with Crippen LogP contribution in [0.5, 0.6) is 11.5 Å². The van der Waals surface area contributed by atoms with Crippen molar-refractivity contribution >= 4 is 11.6 Å². The molecule has 2 aromatic rings. The lowest BCUT2D eigenvalue weighted by atomic mass is 9.87. The fourth-order valence-electron chi connectivity index (χ4n) is 2.43. The van der Waals surface area contributed by atoms with E-state index in [4.69, 9.17) is 9.47 Å². The normalized spacial score (nSPS) is 11.1. The Hall–Kier alpha value is -2.49. The van der Waals surface area contributed by atoms with E-state index in [1.54, 1.807) is 20.3 Å². The molecule has 0 aliphatic rings. The van der Waals surface area contributed by atoms with E-state index >= 15 is 0 Å². The van der Waals surface area contributed by atoms with Gasteiger partial charge in [0.2, 0.25) is 0 Å². The van der Waals surface area contributed by atoms with Crippen LogP contribution < -0.4 is 14.8 Å². The lowest BCUT2D eigenvalue weighted by Gasteiger charge is -2.19. The van der Waals surface area contributed by atoms with Crippen molar-refractivity contribution in [3.05, 3.63) is 53.1 Å². The smallest absolute Gasteiger partial charge is 0.255 e. The average molecular weight is 327 g/mol. The van der Waals surface area contributed by atoms with Gasteiger partial charge in [-0.1, -0.05) is 32.9 Å². The molecule has 1 N–H and O–H groups in total. The van der Waals surface area contributed by atoms with Crippen LogP contribution in [0.1, 0.15) is 42.3 Å². The minimum absolute atomic E-state index is 0.0644. The lowest BCUT2D eigenvalue weighted by molar-refractivity contribution is 0.102. The summed E-state index contributed by atoms with van der Waals surface area (Å²) in [5, 5.41) is 2.94. The zero-order chi connectivity index (χ0) is 17.9. The van der Waals surface area contributed by atoms with Crippen LogP contribution in [-0.4, -0.2) is 20.1 Å². The number of carbonyl (C=O) groups is 1. The highest BCUT2D eigenvalue weighted by molar-refractivity contribution is 6.04.